The average Bonchev–Trinajstić information content (AvgIpc) is 2.81. The summed E-state index contributed by atoms with van der Waals surface area (Å²) in [6, 6.07) is 4.81. The van der Waals surface area contributed by atoms with Gasteiger partial charge in [0.05, 0.1) is 23.4 Å². The lowest BCUT2D eigenvalue weighted by molar-refractivity contribution is -0.137. The highest BCUT2D eigenvalue weighted by molar-refractivity contribution is 6.55. The smallest absolute Gasteiger partial charge is 0.398 e. The molecule has 0 radical (unpaired) electrons. The van der Waals surface area contributed by atoms with Crippen LogP contribution in [0, 0.1) is 12.3 Å². The molecule has 1 aromatic carbocycles. The van der Waals surface area contributed by atoms with Crippen molar-refractivity contribution in [3.05, 3.63) is 41.1 Å². The van der Waals surface area contributed by atoms with E-state index in [1.807, 2.05) is 0 Å². The molecule has 8 heteroatoms. The molecule has 0 aromatic heterocycles. The quantitative estimate of drug-likeness (QED) is 0.290. The summed E-state index contributed by atoms with van der Waals surface area (Å²) in [7, 11) is -1.41. The molecule has 28 heavy (non-hydrogen) atoms. The number of hydrogen-bond acceptors (Lipinski definition) is 3. The molecule has 1 heterocycles. The zero-order valence-corrected chi connectivity index (χ0v) is 16.3. The van der Waals surface area contributed by atoms with E-state index in [1.165, 1.54) is 18.2 Å². The fraction of sp³-hybridized carbons (Fsp3) is 0.500. The Bertz CT molecular complexity index is 762. The lowest BCUT2D eigenvalue weighted by atomic mass is 9.81. The van der Waals surface area contributed by atoms with Crippen molar-refractivity contribution in [2.24, 2.45) is 0 Å². The van der Waals surface area contributed by atoms with Crippen LogP contribution in [0.2, 0.25) is 0 Å². The average molecular weight is 398 g/mol. The molecule has 0 N–H and O–H groups in total. The van der Waals surface area contributed by atoms with E-state index in [4.69, 9.17) is 20.5 Å². The highest BCUT2D eigenvalue weighted by Crippen LogP contribution is 2.42. The molecule has 0 saturated carbocycles. The molecule has 1 saturated heterocycles. The normalized spacial score (nSPS) is 19.3. The van der Waals surface area contributed by atoms with Gasteiger partial charge in [-0.25, -0.2) is 4.39 Å². The number of terminal acetylenes is 1. The first-order valence-corrected chi connectivity index (χ1v) is 8.82. The summed E-state index contributed by atoms with van der Waals surface area (Å²) >= 11 is 0. The first-order chi connectivity index (χ1) is 12.9. The molecular weight excluding hydrogens is 375 g/mol. The van der Waals surface area contributed by atoms with Crippen molar-refractivity contribution in [1.82, 2.24) is 0 Å². The third-order valence-corrected chi connectivity index (χ3v) is 4.99. The van der Waals surface area contributed by atoms with Crippen LogP contribution in [0.15, 0.2) is 30.0 Å². The van der Waals surface area contributed by atoms with Crippen molar-refractivity contribution >= 4 is 12.7 Å². The number of alkyl halides is 3. The Morgan fingerprint density at radius 2 is 1.71 bits per heavy atom. The summed E-state index contributed by atoms with van der Waals surface area (Å²) in [5.41, 5.74) is -3.95. The van der Waals surface area contributed by atoms with E-state index < -0.39 is 35.8 Å². The lowest BCUT2D eigenvalue weighted by Gasteiger charge is -2.32. The fourth-order valence-corrected chi connectivity index (χ4v) is 2.77. The topological polar surface area (TPSA) is 27.7 Å². The van der Waals surface area contributed by atoms with Gasteiger partial charge in [0.2, 0.25) is 0 Å². The van der Waals surface area contributed by atoms with Gasteiger partial charge in [0, 0.05) is 0 Å². The fourth-order valence-electron chi connectivity index (χ4n) is 2.77. The Kier molecular flexibility index (Phi) is 6.64. The third kappa shape index (κ3) is 4.77. The van der Waals surface area contributed by atoms with E-state index in [-0.39, 0.29) is 30.8 Å². The van der Waals surface area contributed by atoms with Crippen LogP contribution in [0.4, 0.5) is 17.6 Å². The van der Waals surface area contributed by atoms with Crippen LogP contribution >= 0.6 is 0 Å². The van der Waals surface area contributed by atoms with Crippen molar-refractivity contribution < 1.29 is 31.6 Å². The maximum Gasteiger partial charge on any atom is 0.525 e. The Hall–Kier alpha value is -1.82. The number of hydrogen-bond donors (Lipinski definition) is 0. The molecule has 0 bridgehead atoms. The summed E-state index contributed by atoms with van der Waals surface area (Å²) < 4.78 is 72.3. The van der Waals surface area contributed by atoms with Crippen molar-refractivity contribution in [2.75, 3.05) is 13.2 Å². The van der Waals surface area contributed by atoms with E-state index in [9.17, 15) is 13.2 Å². The van der Waals surface area contributed by atoms with Gasteiger partial charge in [-0.05, 0) is 51.3 Å². The molecule has 1 aliphatic heterocycles. The van der Waals surface area contributed by atoms with Gasteiger partial charge < -0.3 is 14.0 Å². The second-order valence-corrected chi connectivity index (χ2v) is 7.46. The summed E-state index contributed by atoms with van der Waals surface area (Å²) in [6.45, 7) is 6.88. The third-order valence-electron chi connectivity index (χ3n) is 4.99. The first kappa shape index (κ1) is 22.5. The molecule has 0 atom stereocenters. The standard InChI is InChI=1S/C20H23BF4O3/c1-6-12-26-13-11-15(14-9-7-8-10-16(14)20(23,24)25)17(22)21-27-18(2,3)19(4,5)28-21/h1,7-10H,11-13H2,2-5H3. The molecule has 0 amide bonds. The predicted octanol–water partition coefficient (Wildman–Crippen LogP) is 5.06. The molecule has 2 rings (SSSR count). The predicted molar refractivity (Wildman–Crippen MR) is 99.8 cm³/mol. The van der Waals surface area contributed by atoms with Gasteiger partial charge in [-0.2, -0.15) is 13.2 Å². The molecule has 1 fully saturated rings. The van der Waals surface area contributed by atoms with E-state index in [1.54, 1.807) is 27.7 Å². The molecule has 1 aliphatic rings. The van der Waals surface area contributed by atoms with Crippen LogP contribution < -0.4 is 0 Å². The van der Waals surface area contributed by atoms with Crippen molar-refractivity contribution in [1.29, 1.82) is 0 Å². The number of ether oxygens (including phenoxy) is 1. The van der Waals surface area contributed by atoms with Gasteiger partial charge in [0.25, 0.3) is 0 Å². The minimum absolute atomic E-state index is 0.0215. The molecule has 0 unspecified atom stereocenters. The van der Waals surface area contributed by atoms with Crippen LogP contribution in [0.25, 0.3) is 5.57 Å². The van der Waals surface area contributed by atoms with Crippen LogP contribution in [-0.2, 0) is 20.2 Å². The Morgan fingerprint density at radius 1 is 1.14 bits per heavy atom. The number of halogens is 4. The number of benzene rings is 1. The highest BCUT2D eigenvalue weighted by atomic mass is 19.4. The Balaban J connectivity index is 2.49. The lowest BCUT2D eigenvalue weighted by Crippen LogP contribution is -2.41. The summed E-state index contributed by atoms with van der Waals surface area (Å²) in [4.78, 5) is 0. The second-order valence-electron chi connectivity index (χ2n) is 7.46. The van der Waals surface area contributed by atoms with Crippen molar-refractivity contribution in [3.8, 4) is 12.3 Å². The minimum atomic E-state index is -4.64. The van der Waals surface area contributed by atoms with E-state index in [0.29, 0.717) is 0 Å². The van der Waals surface area contributed by atoms with Gasteiger partial charge in [-0.15, -0.1) is 6.42 Å². The van der Waals surface area contributed by atoms with Gasteiger partial charge in [-0.3, -0.25) is 0 Å². The summed E-state index contributed by atoms with van der Waals surface area (Å²) in [6.07, 6.45) is 0.345. The SMILES string of the molecule is C#CCOCCC(=C(F)B1OC(C)(C)C(C)(C)O1)c1ccccc1C(F)(F)F. The highest BCUT2D eigenvalue weighted by Gasteiger charge is 2.53. The minimum Gasteiger partial charge on any atom is -0.398 e. The molecule has 0 aliphatic carbocycles. The largest absolute Gasteiger partial charge is 0.525 e. The molecule has 152 valence electrons. The first-order valence-electron chi connectivity index (χ1n) is 8.82. The molecular formula is C20H23BF4O3. The van der Waals surface area contributed by atoms with Crippen LogP contribution in [0.3, 0.4) is 0 Å². The zero-order valence-electron chi connectivity index (χ0n) is 16.3. The van der Waals surface area contributed by atoms with Crippen molar-refractivity contribution in [3.63, 3.8) is 0 Å². The maximum atomic E-state index is 15.4. The van der Waals surface area contributed by atoms with Gasteiger partial charge in [0.1, 0.15) is 12.3 Å². The summed E-state index contributed by atoms with van der Waals surface area (Å²) in [5.74, 6) is 2.26. The molecule has 1 aromatic rings. The Labute approximate surface area is 163 Å². The number of rotatable bonds is 6. The summed E-state index contributed by atoms with van der Waals surface area (Å²) in [5, 5.41) is 0. The van der Waals surface area contributed by atoms with Crippen molar-refractivity contribution in [2.45, 2.75) is 51.5 Å². The van der Waals surface area contributed by atoms with Gasteiger partial charge in [-0.1, -0.05) is 24.1 Å². The van der Waals surface area contributed by atoms with E-state index in [0.717, 1.165) is 6.07 Å². The van der Waals surface area contributed by atoms with Crippen LogP contribution in [0.5, 0.6) is 0 Å². The van der Waals surface area contributed by atoms with E-state index in [2.05, 4.69) is 5.92 Å². The maximum absolute atomic E-state index is 15.4. The van der Waals surface area contributed by atoms with Gasteiger partial charge >= 0.3 is 13.3 Å². The molecule has 3 nitrogen and oxygen atoms in total. The van der Waals surface area contributed by atoms with Gasteiger partial charge in [0.15, 0.2) is 0 Å². The monoisotopic (exact) mass is 398 g/mol. The Morgan fingerprint density at radius 3 is 2.25 bits per heavy atom. The second kappa shape index (κ2) is 8.28. The molecule has 0 spiro atoms. The van der Waals surface area contributed by atoms with Crippen LogP contribution in [0.1, 0.15) is 45.2 Å². The van der Waals surface area contributed by atoms with Crippen LogP contribution in [-0.4, -0.2) is 31.5 Å². The van der Waals surface area contributed by atoms with E-state index >= 15 is 4.39 Å². The zero-order chi connectivity index (χ0) is 21.2.